The third-order valence-corrected chi connectivity index (χ3v) is 4.10. The van der Waals surface area contributed by atoms with Gasteiger partial charge in [0.25, 0.3) is 0 Å². The van der Waals surface area contributed by atoms with E-state index >= 15 is 0 Å². The lowest BCUT2D eigenvalue weighted by Crippen LogP contribution is -2.09. The molecule has 1 N–H and O–H groups in total. The van der Waals surface area contributed by atoms with Crippen molar-refractivity contribution in [3.05, 3.63) is 64.7 Å². The van der Waals surface area contributed by atoms with Gasteiger partial charge in [-0.15, -0.1) is 0 Å². The van der Waals surface area contributed by atoms with Gasteiger partial charge >= 0.3 is 11.9 Å². The molecular formula is C20H20N2O5. The van der Waals surface area contributed by atoms with Crippen LogP contribution in [0.1, 0.15) is 44.8 Å². The lowest BCUT2D eigenvalue weighted by Gasteiger charge is -2.03. The summed E-state index contributed by atoms with van der Waals surface area (Å²) >= 11 is 0. The van der Waals surface area contributed by atoms with Gasteiger partial charge in [0, 0.05) is 17.3 Å². The molecule has 0 saturated heterocycles. The van der Waals surface area contributed by atoms with Gasteiger partial charge in [-0.2, -0.15) is 0 Å². The zero-order chi connectivity index (χ0) is 19.4. The van der Waals surface area contributed by atoms with Crippen molar-refractivity contribution in [1.82, 2.24) is 10.1 Å². The number of nitrogens with zero attached hydrogens (tertiary/aromatic N) is 1. The summed E-state index contributed by atoms with van der Waals surface area (Å²) < 4.78 is 15.5. The summed E-state index contributed by atoms with van der Waals surface area (Å²) in [5.41, 5.74) is 3.21. The van der Waals surface area contributed by atoms with Crippen LogP contribution in [0.4, 0.5) is 0 Å². The van der Waals surface area contributed by atoms with Crippen LogP contribution in [-0.4, -0.2) is 28.7 Å². The summed E-state index contributed by atoms with van der Waals surface area (Å²) in [7, 11) is 0. The molecule has 2 heterocycles. The quantitative estimate of drug-likeness (QED) is 0.665. The number of carbonyl (C=O) groups is 2. The highest BCUT2D eigenvalue weighted by Gasteiger charge is 2.24. The highest BCUT2D eigenvalue weighted by Crippen LogP contribution is 2.22. The van der Waals surface area contributed by atoms with Gasteiger partial charge in [-0.25, -0.2) is 9.59 Å². The summed E-state index contributed by atoms with van der Waals surface area (Å²) in [6.07, 6.45) is 0. The number of ether oxygens (including phenoxy) is 2. The Hall–Kier alpha value is -3.35. The van der Waals surface area contributed by atoms with Crippen molar-refractivity contribution in [1.29, 1.82) is 0 Å². The Morgan fingerprint density at radius 1 is 1.11 bits per heavy atom. The minimum atomic E-state index is -0.580. The van der Waals surface area contributed by atoms with Crippen LogP contribution in [0.15, 0.2) is 40.9 Å². The molecule has 0 amide bonds. The predicted octanol–water partition coefficient (Wildman–Crippen LogP) is 3.82. The van der Waals surface area contributed by atoms with E-state index in [2.05, 4.69) is 10.1 Å². The number of esters is 2. The van der Waals surface area contributed by atoms with Gasteiger partial charge in [0.05, 0.1) is 12.2 Å². The van der Waals surface area contributed by atoms with Crippen LogP contribution in [-0.2, 0) is 16.1 Å². The molecule has 27 heavy (non-hydrogen) atoms. The number of benzene rings is 1. The molecule has 0 aliphatic carbocycles. The van der Waals surface area contributed by atoms with E-state index in [1.165, 1.54) is 0 Å². The molecule has 0 atom stereocenters. The standard InChI is InChI=1S/C20H20N2O5/c1-4-25-19(23)17-12(2)18(21-13(17)3)20(24)26-11-15-10-16(22-27-15)14-8-6-5-7-9-14/h5-10,21H,4,11H2,1-3H3. The van der Waals surface area contributed by atoms with E-state index in [-0.39, 0.29) is 18.9 Å². The number of H-pyrrole nitrogens is 1. The fraction of sp³-hybridized carbons (Fsp3) is 0.250. The maximum absolute atomic E-state index is 12.4. The van der Waals surface area contributed by atoms with Gasteiger partial charge < -0.3 is 19.0 Å². The van der Waals surface area contributed by atoms with E-state index < -0.39 is 11.9 Å². The first-order chi connectivity index (χ1) is 13.0. The highest BCUT2D eigenvalue weighted by atomic mass is 16.6. The number of rotatable bonds is 6. The van der Waals surface area contributed by atoms with E-state index in [4.69, 9.17) is 14.0 Å². The molecule has 7 nitrogen and oxygen atoms in total. The van der Waals surface area contributed by atoms with E-state index in [0.29, 0.717) is 28.3 Å². The first kappa shape index (κ1) is 18.4. The van der Waals surface area contributed by atoms with Gasteiger partial charge in [0.15, 0.2) is 12.4 Å². The second-order valence-corrected chi connectivity index (χ2v) is 5.97. The van der Waals surface area contributed by atoms with Crippen molar-refractivity contribution in [2.75, 3.05) is 6.61 Å². The molecule has 3 aromatic rings. The van der Waals surface area contributed by atoms with Crippen molar-refractivity contribution in [2.45, 2.75) is 27.4 Å². The SMILES string of the molecule is CCOC(=O)c1c(C)[nH]c(C(=O)OCc2cc(-c3ccccc3)no2)c1C. The lowest BCUT2D eigenvalue weighted by atomic mass is 10.1. The molecule has 7 heteroatoms. The van der Waals surface area contributed by atoms with Crippen LogP contribution in [0.3, 0.4) is 0 Å². The topological polar surface area (TPSA) is 94.4 Å². The number of nitrogens with one attached hydrogen (secondary N) is 1. The van der Waals surface area contributed by atoms with Crippen LogP contribution < -0.4 is 0 Å². The van der Waals surface area contributed by atoms with E-state index in [9.17, 15) is 9.59 Å². The molecule has 1 aromatic carbocycles. The molecule has 0 bridgehead atoms. The number of aromatic nitrogens is 2. The average Bonchev–Trinajstić information content (AvgIpc) is 3.25. The van der Waals surface area contributed by atoms with Crippen molar-refractivity contribution < 1.29 is 23.6 Å². The summed E-state index contributed by atoms with van der Waals surface area (Å²) in [6.45, 7) is 5.31. The Labute approximate surface area is 156 Å². The summed E-state index contributed by atoms with van der Waals surface area (Å²) in [6, 6.07) is 11.3. The van der Waals surface area contributed by atoms with Crippen molar-refractivity contribution in [2.24, 2.45) is 0 Å². The normalized spacial score (nSPS) is 10.6. The Kier molecular flexibility index (Phi) is 5.40. The molecule has 0 spiro atoms. The Bertz CT molecular complexity index is 956. The zero-order valence-electron chi connectivity index (χ0n) is 15.4. The van der Waals surface area contributed by atoms with Gasteiger partial charge in [-0.3, -0.25) is 0 Å². The third kappa shape index (κ3) is 3.92. The number of aryl methyl sites for hydroxylation is 1. The summed E-state index contributed by atoms with van der Waals surface area (Å²) in [4.78, 5) is 27.3. The van der Waals surface area contributed by atoms with Crippen molar-refractivity contribution in [3.8, 4) is 11.3 Å². The minimum absolute atomic E-state index is 0.0646. The second kappa shape index (κ2) is 7.90. The fourth-order valence-corrected chi connectivity index (χ4v) is 2.80. The Balaban J connectivity index is 1.69. The van der Waals surface area contributed by atoms with Crippen LogP contribution in [0.5, 0.6) is 0 Å². The molecule has 0 aliphatic heterocycles. The molecule has 0 saturated carbocycles. The maximum Gasteiger partial charge on any atom is 0.355 e. The smallest absolute Gasteiger partial charge is 0.355 e. The Morgan fingerprint density at radius 2 is 1.85 bits per heavy atom. The van der Waals surface area contributed by atoms with Gasteiger partial charge in [-0.1, -0.05) is 35.5 Å². The first-order valence-corrected chi connectivity index (χ1v) is 8.55. The van der Waals surface area contributed by atoms with Gasteiger partial charge in [-0.05, 0) is 26.3 Å². The minimum Gasteiger partial charge on any atom is -0.462 e. The molecule has 0 fully saturated rings. The molecular weight excluding hydrogens is 348 g/mol. The zero-order valence-corrected chi connectivity index (χ0v) is 15.4. The van der Waals surface area contributed by atoms with Gasteiger partial charge in [0.1, 0.15) is 11.4 Å². The number of hydrogen-bond acceptors (Lipinski definition) is 6. The maximum atomic E-state index is 12.4. The molecule has 140 valence electrons. The van der Waals surface area contributed by atoms with E-state index in [0.717, 1.165) is 5.56 Å². The molecule has 2 aromatic heterocycles. The number of aromatic amines is 1. The average molecular weight is 368 g/mol. The lowest BCUT2D eigenvalue weighted by molar-refractivity contribution is 0.0430. The van der Waals surface area contributed by atoms with Crippen molar-refractivity contribution in [3.63, 3.8) is 0 Å². The van der Waals surface area contributed by atoms with E-state index in [1.54, 1.807) is 26.8 Å². The summed E-state index contributed by atoms with van der Waals surface area (Å²) in [5, 5.41) is 3.98. The Morgan fingerprint density at radius 3 is 2.56 bits per heavy atom. The highest BCUT2D eigenvalue weighted by molar-refractivity contribution is 5.98. The van der Waals surface area contributed by atoms with Crippen LogP contribution >= 0.6 is 0 Å². The second-order valence-electron chi connectivity index (χ2n) is 5.97. The number of hydrogen-bond donors (Lipinski definition) is 1. The van der Waals surface area contributed by atoms with Crippen LogP contribution in [0.25, 0.3) is 11.3 Å². The van der Waals surface area contributed by atoms with Crippen LogP contribution in [0.2, 0.25) is 0 Å². The van der Waals surface area contributed by atoms with Crippen molar-refractivity contribution >= 4 is 11.9 Å². The predicted molar refractivity (Wildman–Crippen MR) is 97.3 cm³/mol. The number of carbonyl (C=O) groups excluding carboxylic acids is 2. The van der Waals surface area contributed by atoms with Crippen LogP contribution in [0, 0.1) is 13.8 Å². The summed E-state index contributed by atoms with van der Waals surface area (Å²) in [5.74, 6) is -0.622. The fourth-order valence-electron chi connectivity index (χ4n) is 2.80. The third-order valence-electron chi connectivity index (χ3n) is 4.10. The molecule has 3 rings (SSSR count). The van der Waals surface area contributed by atoms with E-state index in [1.807, 2.05) is 30.3 Å². The molecule has 0 aliphatic rings. The first-order valence-electron chi connectivity index (χ1n) is 8.55. The molecule has 0 radical (unpaired) electrons. The largest absolute Gasteiger partial charge is 0.462 e. The monoisotopic (exact) mass is 368 g/mol. The molecule has 0 unspecified atom stereocenters. The van der Waals surface area contributed by atoms with Gasteiger partial charge in [0.2, 0.25) is 0 Å².